The van der Waals surface area contributed by atoms with Gasteiger partial charge in [0, 0.05) is 23.7 Å². The van der Waals surface area contributed by atoms with Gasteiger partial charge < -0.3 is 0 Å². The van der Waals surface area contributed by atoms with Crippen molar-refractivity contribution in [3.63, 3.8) is 0 Å². The first-order valence-electron chi connectivity index (χ1n) is 7.40. The van der Waals surface area contributed by atoms with Gasteiger partial charge in [0.1, 0.15) is 11.6 Å². The molecule has 2 nitrogen and oxygen atoms in total. The van der Waals surface area contributed by atoms with Gasteiger partial charge in [-0.25, -0.2) is 0 Å². The fourth-order valence-electron chi connectivity index (χ4n) is 2.04. The SMILES string of the molecule is CC(C)CC(CC(=O)C(C)(C)C)CC(=O)C(C)(C)C. The Morgan fingerprint density at radius 2 is 1.11 bits per heavy atom. The highest BCUT2D eigenvalue weighted by Gasteiger charge is 2.29. The summed E-state index contributed by atoms with van der Waals surface area (Å²) in [6, 6.07) is 0. The molecule has 0 fully saturated rings. The van der Waals surface area contributed by atoms with Crippen molar-refractivity contribution in [1.29, 1.82) is 0 Å². The van der Waals surface area contributed by atoms with E-state index < -0.39 is 0 Å². The number of carbonyl (C=O) groups excluding carboxylic acids is 2. The number of carbonyl (C=O) groups is 2. The molecule has 0 N–H and O–H groups in total. The molecule has 0 aliphatic carbocycles. The monoisotopic (exact) mass is 268 g/mol. The van der Waals surface area contributed by atoms with E-state index in [1.54, 1.807) is 0 Å². The van der Waals surface area contributed by atoms with E-state index >= 15 is 0 Å². The van der Waals surface area contributed by atoms with Crippen molar-refractivity contribution in [2.24, 2.45) is 22.7 Å². The molecule has 0 rings (SSSR count). The standard InChI is InChI=1S/C17H32O2/c1-12(2)9-13(10-14(18)16(3,4)5)11-15(19)17(6,7)8/h12-13H,9-11H2,1-8H3. The molecule has 0 saturated carbocycles. The molecule has 0 aromatic carbocycles. The summed E-state index contributed by atoms with van der Waals surface area (Å²) in [5.74, 6) is 1.24. The third-order valence-corrected chi connectivity index (χ3v) is 3.43. The van der Waals surface area contributed by atoms with Crippen LogP contribution in [0.1, 0.15) is 74.7 Å². The zero-order chi connectivity index (χ0) is 15.4. The van der Waals surface area contributed by atoms with Gasteiger partial charge in [-0.2, -0.15) is 0 Å². The first-order valence-corrected chi connectivity index (χ1v) is 7.40. The maximum absolute atomic E-state index is 12.2. The van der Waals surface area contributed by atoms with Crippen LogP contribution < -0.4 is 0 Å². The summed E-state index contributed by atoms with van der Waals surface area (Å²) in [5.41, 5.74) is -0.611. The molecule has 0 bridgehead atoms. The van der Waals surface area contributed by atoms with Crippen LogP contribution in [0, 0.1) is 22.7 Å². The summed E-state index contributed by atoms with van der Waals surface area (Å²) >= 11 is 0. The van der Waals surface area contributed by atoms with Crippen LogP contribution in [0.4, 0.5) is 0 Å². The highest BCUT2D eigenvalue weighted by atomic mass is 16.1. The number of ketones is 2. The van der Waals surface area contributed by atoms with Crippen molar-refractivity contribution in [3.05, 3.63) is 0 Å². The average molecular weight is 268 g/mol. The fraction of sp³-hybridized carbons (Fsp3) is 0.882. The van der Waals surface area contributed by atoms with Crippen LogP contribution >= 0.6 is 0 Å². The Morgan fingerprint density at radius 3 is 1.32 bits per heavy atom. The van der Waals surface area contributed by atoms with Crippen LogP contribution in [0.5, 0.6) is 0 Å². The molecule has 0 spiro atoms. The molecule has 0 unspecified atom stereocenters. The normalized spacial score (nSPS) is 13.2. The first-order chi connectivity index (χ1) is 8.34. The predicted octanol–water partition coefficient (Wildman–Crippen LogP) is 4.66. The lowest BCUT2D eigenvalue weighted by molar-refractivity contribution is -0.129. The average Bonchev–Trinajstić information content (AvgIpc) is 2.12. The van der Waals surface area contributed by atoms with Gasteiger partial charge in [-0.15, -0.1) is 0 Å². The van der Waals surface area contributed by atoms with Crippen LogP contribution in [0.3, 0.4) is 0 Å². The molecule has 0 saturated heterocycles. The van der Waals surface area contributed by atoms with Crippen LogP contribution in [-0.4, -0.2) is 11.6 Å². The molecule has 0 amide bonds. The zero-order valence-corrected chi connectivity index (χ0v) is 14.1. The maximum Gasteiger partial charge on any atom is 0.138 e. The van der Waals surface area contributed by atoms with Gasteiger partial charge in [0.25, 0.3) is 0 Å². The molecule has 19 heavy (non-hydrogen) atoms. The smallest absolute Gasteiger partial charge is 0.138 e. The Hall–Kier alpha value is -0.660. The highest BCUT2D eigenvalue weighted by molar-refractivity contribution is 5.86. The van der Waals surface area contributed by atoms with E-state index in [1.807, 2.05) is 41.5 Å². The largest absolute Gasteiger partial charge is 0.299 e. The van der Waals surface area contributed by atoms with Gasteiger partial charge >= 0.3 is 0 Å². The van der Waals surface area contributed by atoms with Crippen molar-refractivity contribution < 1.29 is 9.59 Å². The fourth-order valence-corrected chi connectivity index (χ4v) is 2.04. The molecule has 2 heteroatoms. The van der Waals surface area contributed by atoms with Crippen molar-refractivity contribution in [2.75, 3.05) is 0 Å². The second-order valence-electron chi connectivity index (χ2n) is 8.25. The van der Waals surface area contributed by atoms with Crippen molar-refractivity contribution in [2.45, 2.75) is 74.7 Å². The summed E-state index contributed by atoms with van der Waals surface area (Å²) in [5, 5.41) is 0. The molecular weight excluding hydrogens is 236 g/mol. The zero-order valence-electron chi connectivity index (χ0n) is 14.1. The topological polar surface area (TPSA) is 34.1 Å². The van der Waals surface area contributed by atoms with Gasteiger partial charge in [-0.1, -0.05) is 55.4 Å². The summed E-state index contributed by atoms with van der Waals surface area (Å²) in [7, 11) is 0. The quantitative estimate of drug-likeness (QED) is 0.702. The summed E-state index contributed by atoms with van der Waals surface area (Å²) < 4.78 is 0. The summed E-state index contributed by atoms with van der Waals surface area (Å²) in [4.78, 5) is 24.4. The van der Waals surface area contributed by atoms with Crippen molar-refractivity contribution >= 4 is 11.6 Å². The molecule has 112 valence electrons. The summed E-state index contributed by atoms with van der Waals surface area (Å²) in [6.45, 7) is 16.0. The first kappa shape index (κ1) is 18.3. The highest BCUT2D eigenvalue weighted by Crippen LogP contribution is 2.29. The molecule has 0 aromatic rings. The minimum atomic E-state index is -0.306. The Kier molecular flexibility index (Phi) is 6.44. The minimum Gasteiger partial charge on any atom is -0.299 e. The van der Waals surface area contributed by atoms with E-state index in [1.165, 1.54) is 0 Å². The lowest BCUT2D eigenvalue weighted by atomic mass is 9.78. The van der Waals surface area contributed by atoms with E-state index in [0.717, 1.165) is 6.42 Å². The molecular formula is C17H32O2. The number of rotatable bonds is 6. The predicted molar refractivity (Wildman–Crippen MR) is 81.1 cm³/mol. The van der Waals surface area contributed by atoms with Crippen LogP contribution in [0.15, 0.2) is 0 Å². The summed E-state index contributed by atoms with van der Waals surface area (Å²) in [6.07, 6.45) is 2.01. The molecule has 0 aliphatic heterocycles. The van der Waals surface area contributed by atoms with Crippen LogP contribution in [-0.2, 0) is 9.59 Å². The molecule has 0 aromatic heterocycles. The van der Waals surface area contributed by atoms with E-state index in [2.05, 4.69) is 13.8 Å². The second-order valence-corrected chi connectivity index (χ2v) is 8.25. The maximum atomic E-state index is 12.2. The minimum absolute atomic E-state index is 0.193. The Bertz CT molecular complexity index is 285. The van der Waals surface area contributed by atoms with Gasteiger partial charge in [0.05, 0.1) is 0 Å². The molecule has 0 heterocycles. The number of hydrogen-bond donors (Lipinski definition) is 0. The molecule has 0 atom stereocenters. The van der Waals surface area contributed by atoms with E-state index in [0.29, 0.717) is 18.8 Å². The molecule has 0 radical (unpaired) electrons. The Balaban J connectivity index is 4.75. The van der Waals surface area contributed by atoms with Gasteiger partial charge in [0.15, 0.2) is 0 Å². The van der Waals surface area contributed by atoms with Crippen LogP contribution in [0.2, 0.25) is 0 Å². The third kappa shape index (κ3) is 7.49. The Morgan fingerprint density at radius 1 is 0.789 bits per heavy atom. The van der Waals surface area contributed by atoms with E-state index in [4.69, 9.17) is 0 Å². The Labute approximate surface area is 119 Å². The number of hydrogen-bond acceptors (Lipinski definition) is 2. The lowest BCUT2D eigenvalue weighted by Gasteiger charge is -2.25. The second kappa shape index (κ2) is 6.67. The van der Waals surface area contributed by atoms with E-state index in [-0.39, 0.29) is 28.3 Å². The van der Waals surface area contributed by atoms with Crippen LogP contribution in [0.25, 0.3) is 0 Å². The van der Waals surface area contributed by atoms with Gasteiger partial charge in [-0.3, -0.25) is 9.59 Å². The van der Waals surface area contributed by atoms with Crippen molar-refractivity contribution in [1.82, 2.24) is 0 Å². The van der Waals surface area contributed by atoms with Crippen molar-refractivity contribution in [3.8, 4) is 0 Å². The molecule has 0 aliphatic rings. The van der Waals surface area contributed by atoms with Gasteiger partial charge in [-0.05, 0) is 18.3 Å². The van der Waals surface area contributed by atoms with E-state index in [9.17, 15) is 9.59 Å². The number of Topliss-reactive ketones (excluding diaryl/α,β-unsaturated/α-hetero) is 2. The third-order valence-electron chi connectivity index (χ3n) is 3.43. The van der Waals surface area contributed by atoms with Gasteiger partial charge in [0.2, 0.25) is 0 Å². The lowest BCUT2D eigenvalue weighted by Crippen LogP contribution is -2.28.